The van der Waals surface area contributed by atoms with Gasteiger partial charge in [-0.15, -0.1) is 0 Å². The molecule has 2 aliphatic rings. The van der Waals surface area contributed by atoms with Crippen molar-refractivity contribution in [1.82, 2.24) is 5.32 Å². The van der Waals surface area contributed by atoms with Crippen LogP contribution in [0.2, 0.25) is 0 Å². The van der Waals surface area contributed by atoms with Crippen molar-refractivity contribution in [3.05, 3.63) is 47.7 Å². The standard InChI is InChI=1S/C11H13N/c1-2-11-8-10-5-3-4-9(10)6-7-12-11/h2-4,8,12H,1,5-7H2. The Hall–Kier alpha value is -1.24. The van der Waals surface area contributed by atoms with Crippen LogP contribution in [-0.2, 0) is 0 Å². The molecular formula is C11H13N. The van der Waals surface area contributed by atoms with Crippen LogP contribution < -0.4 is 5.32 Å². The van der Waals surface area contributed by atoms with Gasteiger partial charge in [0.2, 0.25) is 0 Å². The molecule has 1 nitrogen and oxygen atoms in total. The van der Waals surface area contributed by atoms with Crippen molar-refractivity contribution in [3.63, 3.8) is 0 Å². The Morgan fingerprint density at radius 1 is 1.42 bits per heavy atom. The van der Waals surface area contributed by atoms with Gasteiger partial charge < -0.3 is 5.32 Å². The third-order valence-electron chi connectivity index (χ3n) is 2.34. The summed E-state index contributed by atoms with van der Waals surface area (Å²) in [6, 6.07) is 0. The SMILES string of the molecule is C=CC1=CC2=C(C=CC2)CCN1. The summed E-state index contributed by atoms with van der Waals surface area (Å²) in [5.41, 5.74) is 4.10. The molecule has 12 heavy (non-hydrogen) atoms. The van der Waals surface area contributed by atoms with Crippen molar-refractivity contribution in [2.75, 3.05) is 6.54 Å². The highest BCUT2D eigenvalue weighted by atomic mass is 14.9. The van der Waals surface area contributed by atoms with Crippen molar-refractivity contribution in [3.8, 4) is 0 Å². The minimum Gasteiger partial charge on any atom is -0.385 e. The van der Waals surface area contributed by atoms with E-state index in [9.17, 15) is 0 Å². The van der Waals surface area contributed by atoms with E-state index >= 15 is 0 Å². The van der Waals surface area contributed by atoms with Crippen LogP contribution in [-0.4, -0.2) is 6.54 Å². The summed E-state index contributed by atoms with van der Waals surface area (Å²) >= 11 is 0. The van der Waals surface area contributed by atoms with E-state index in [-0.39, 0.29) is 0 Å². The third kappa shape index (κ3) is 1.22. The lowest BCUT2D eigenvalue weighted by Crippen LogP contribution is -2.11. The van der Waals surface area contributed by atoms with Gasteiger partial charge in [-0.05, 0) is 36.1 Å². The summed E-state index contributed by atoms with van der Waals surface area (Å²) in [5, 5.41) is 3.33. The first-order valence-corrected chi connectivity index (χ1v) is 4.37. The van der Waals surface area contributed by atoms with E-state index in [1.54, 1.807) is 0 Å². The van der Waals surface area contributed by atoms with Gasteiger partial charge in [-0.2, -0.15) is 0 Å². The minimum absolute atomic E-state index is 1.03. The molecular weight excluding hydrogens is 146 g/mol. The van der Waals surface area contributed by atoms with Crippen molar-refractivity contribution < 1.29 is 0 Å². The van der Waals surface area contributed by atoms with Gasteiger partial charge in [-0.3, -0.25) is 0 Å². The number of allylic oxidation sites excluding steroid dienone is 5. The monoisotopic (exact) mass is 159 g/mol. The van der Waals surface area contributed by atoms with Crippen LogP contribution in [0.4, 0.5) is 0 Å². The Morgan fingerprint density at radius 2 is 2.33 bits per heavy atom. The molecule has 62 valence electrons. The molecule has 1 aliphatic carbocycles. The zero-order valence-corrected chi connectivity index (χ0v) is 7.14. The average molecular weight is 159 g/mol. The predicted molar refractivity (Wildman–Crippen MR) is 51.7 cm³/mol. The predicted octanol–water partition coefficient (Wildman–Crippen LogP) is 2.31. The van der Waals surface area contributed by atoms with E-state index in [0.29, 0.717) is 0 Å². The molecule has 1 heterocycles. The Balaban J connectivity index is 2.30. The lowest BCUT2D eigenvalue weighted by molar-refractivity contribution is 0.817. The minimum atomic E-state index is 1.03. The maximum atomic E-state index is 3.77. The molecule has 1 N–H and O–H groups in total. The topological polar surface area (TPSA) is 12.0 Å². The third-order valence-corrected chi connectivity index (χ3v) is 2.34. The summed E-state index contributed by atoms with van der Waals surface area (Å²) in [5.74, 6) is 0. The van der Waals surface area contributed by atoms with Crippen molar-refractivity contribution in [2.24, 2.45) is 0 Å². The first-order chi connectivity index (χ1) is 5.90. The number of rotatable bonds is 1. The van der Waals surface area contributed by atoms with Crippen LogP contribution in [0.5, 0.6) is 0 Å². The normalized spacial score (nSPS) is 21.2. The molecule has 0 aromatic carbocycles. The van der Waals surface area contributed by atoms with E-state index in [1.165, 1.54) is 11.1 Å². The second kappa shape index (κ2) is 3.02. The molecule has 0 unspecified atom stereocenters. The molecule has 2 rings (SSSR count). The van der Waals surface area contributed by atoms with E-state index in [2.05, 4.69) is 30.1 Å². The first-order valence-electron chi connectivity index (χ1n) is 4.37. The van der Waals surface area contributed by atoms with E-state index in [0.717, 1.165) is 25.1 Å². The van der Waals surface area contributed by atoms with Crippen LogP contribution in [0, 0.1) is 0 Å². The number of hydrogen-bond acceptors (Lipinski definition) is 1. The Bertz CT molecular complexity index is 292. The van der Waals surface area contributed by atoms with Gasteiger partial charge in [0.15, 0.2) is 0 Å². The van der Waals surface area contributed by atoms with Gasteiger partial charge in [0.05, 0.1) is 0 Å². The Labute approximate surface area is 73.2 Å². The summed E-state index contributed by atoms with van der Waals surface area (Å²) in [6.45, 7) is 4.80. The maximum absolute atomic E-state index is 3.77. The number of hydrogen-bond donors (Lipinski definition) is 1. The highest BCUT2D eigenvalue weighted by Crippen LogP contribution is 2.25. The van der Waals surface area contributed by atoms with Crippen molar-refractivity contribution in [2.45, 2.75) is 12.8 Å². The van der Waals surface area contributed by atoms with Crippen LogP contribution in [0.15, 0.2) is 47.7 Å². The van der Waals surface area contributed by atoms with Crippen molar-refractivity contribution >= 4 is 0 Å². The van der Waals surface area contributed by atoms with Gasteiger partial charge in [0.1, 0.15) is 0 Å². The second-order valence-corrected chi connectivity index (χ2v) is 3.14. The van der Waals surface area contributed by atoms with Crippen molar-refractivity contribution in [1.29, 1.82) is 0 Å². The van der Waals surface area contributed by atoms with Gasteiger partial charge in [0.25, 0.3) is 0 Å². The molecule has 0 saturated carbocycles. The van der Waals surface area contributed by atoms with E-state index in [4.69, 9.17) is 0 Å². The Kier molecular flexibility index (Phi) is 1.86. The molecule has 0 spiro atoms. The fourth-order valence-corrected chi connectivity index (χ4v) is 1.67. The fourth-order valence-electron chi connectivity index (χ4n) is 1.67. The molecule has 1 heteroatoms. The van der Waals surface area contributed by atoms with Gasteiger partial charge in [-0.25, -0.2) is 0 Å². The molecule has 0 radical (unpaired) electrons. The second-order valence-electron chi connectivity index (χ2n) is 3.14. The van der Waals surface area contributed by atoms with Crippen LogP contribution in [0.1, 0.15) is 12.8 Å². The molecule has 1 aliphatic heterocycles. The molecule has 0 fully saturated rings. The molecule has 0 bridgehead atoms. The van der Waals surface area contributed by atoms with Crippen LogP contribution >= 0.6 is 0 Å². The molecule has 0 amide bonds. The molecule has 0 atom stereocenters. The Morgan fingerprint density at radius 3 is 3.17 bits per heavy atom. The maximum Gasteiger partial charge on any atom is 0.0337 e. The zero-order chi connectivity index (χ0) is 8.39. The van der Waals surface area contributed by atoms with Gasteiger partial charge in [-0.1, -0.05) is 18.7 Å². The molecule has 0 aromatic heterocycles. The lowest BCUT2D eigenvalue weighted by atomic mass is 10.1. The summed E-state index contributed by atoms with van der Waals surface area (Å²) in [6.07, 6.45) is 10.8. The highest BCUT2D eigenvalue weighted by Gasteiger charge is 2.10. The average Bonchev–Trinajstić information content (AvgIpc) is 2.43. The highest BCUT2D eigenvalue weighted by molar-refractivity contribution is 5.44. The van der Waals surface area contributed by atoms with E-state index < -0.39 is 0 Å². The smallest absolute Gasteiger partial charge is 0.0337 e. The quantitative estimate of drug-likeness (QED) is 0.619. The number of nitrogens with one attached hydrogen (secondary N) is 1. The lowest BCUT2D eigenvalue weighted by Gasteiger charge is -2.02. The molecule has 0 aromatic rings. The summed E-state index contributed by atoms with van der Waals surface area (Å²) in [4.78, 5) is 0. The summed E-state index contributed by atoms with van der Waals surface area (Å²) in [7, 11) is 0. The molecule has 0 saturated heterocycles. The summed E-state index contributed by atoms with van der Waals surface area (Å²) < 4.78 is 0. The van der Waals surface area contributed by atoms with Gasteiger partial charge in [0, 0.05) is 12.2 Å². The van der Waals surface area contributed by atoms with Gasteiger partial charge >= 0.3 is 0 Å². The van der Waals surface area contributed by atoms with Crippen LogP contribution in [0.25, 0.3) is 0 Å². The van der Waals surface area contributed by atoms with E-state index in [1.807, 2.05) is 6.08 Å². The largest absolute Gasteiger partial charge is 0.385 e. The zero-order valence-electron chi connectivity index (χ0n) is 7.14. The first kappa shape index (κ1) is 7.41. The fraction of sp³-hybridized carbons (Fsp3) is 0.273. The van der Waals surface area contributed by atoms with Crippen LogP contribution in [0.3, 0.4) is 0 Å².